The van der Waals surface area contributed by atoms with E-state index in [2.05, 4.69) is 39.6 Å². The Morgan fingerprint density at radius 3 is 2.75 bits per heavy atom. The van der Waals surface area contributed by atoms with E-state index in [1.54, 1.807) is 23.8 Å². The molecule has 3 heterocycles. The van der Waals surface area contributed by atoms with Crippen LogP contribution in [0.15, 0.2) is 27.2 Å². The maximum atomic E-state index is 11.1. The van der Waals surface area contributed by atoms with Crippen LogP contribution in [0.3, 0.4) is 0 Å². The molecular weight excluding hydrogens is 272 g/mol. The molecule has 20 heavy (non-hydrogen) atoms. The number of hydrogen-bond acceptors (Lipinski definition) is 5. The molecule has 0 atom stereocenters. The third-order valence-corrected chi connectivity index (χ3v) is 4.70. The van der Waals surface area contributed by atoms with E-state index in [0.29, 0.717) is 12.8 Å². The fraction of sp³-hybridized carbons (Fsp3) is 0.429. The largest absolute Gasteiger partial charge is 0.273 e. The van der Waals surface area contributed by atoms with Crippen molar-refractivity contribution in [3.8, 4) is 0 Å². The van der Waals surface area contributed by atoms with E-state index in [1.165, 1.54) is 4.88 Å². The first-order valence-corrected chi connectivity index (χ1v) is 7.56. The number of rotatable bonds is 4. The summed E-state index contributed by atoms with van der Waals surface area (Å²) in [5, 5.41) is 4.13. The minimum Gasteiger partial charge on any atom is -0.273 e. The molecule has 0 fully saturated rings. The number of nitrogens with zero attached hydrogens (tertiary/aromatic N) is 3. The van der Waals surface area contributed by atoms with Gasteiger partial charge < -0.3 is 0 Å². The molecular formula is C14H16N4OS. The molecule has 2 aliphatic rings. The van der Waals surface area contributed by atoms with Gasteiger partial charge in [-0.15, -0.1) is 11.3 Å². The monoisotopic (exact) mass is 288 g/mol. The number of thiophene rings is 1. The summed E-state index contributed by atoms with van der Waals surface area (Å²) in [4.78, 5) is 22.4. The van der Waals surface area contributed by atoms with Crippen LogP contribution in [0.1, 0.15) is 35.9 Å². The summed E-state index contributed by atoms with van der Waals surface area (Å²) < 4.78 is 0. The highest BCUT2D eigenvalue weighted by Gasteiger charge is 2.28. The third kappa shape index (κ3) is 2.56. The van der Waals surface area contributed by atoms with Crippen molar-refractivity contribution in [1.29, 1.82) is 0 Å². The SMILES string of the molecule is CCC1(Cc2ccc(C3=NNC(=O)CC3)s2)N=CC=N1. The second kappa shape index (κ2) is 5.28. The van der Waals surface area contributed by atoms with Crippen LogP contribution < -0.4 is 5.43 Å². The molecule has 0 unspecified atom stereocenters. The highest BCUT2D eigenvalue weighted by Crippen LogP contribution is 2.29. The summed E-state index contributed by atoms with van der Waals surface area (Å²) in [5.74, 6) is -0.00917. The maximum Gasteiger partial charge on any atom is 0.240 e. The molecule has 1 N–H and O–H groups in total. The van der Waals surface area contributed by atoms with Gasteiger partial charge in [0.15, 0.2) is 5.66 Å². The van der Waals surface area contributed by atoms with Gasteiger partial charge in [0.05, 0.1) is 10.6 Å². The molecule has 1 aromatic rings. The number of amides is 1. The van der Waals surface area contributed by atoms with Gasteiger partial charge in [-0.2, -0.15) is 5.10 Å². The summed E-state index contributed by atoms with van der Waals surface area (Å²) in [7, 11) is 0. The third-order valence-electron chi connectivity index (χ3n) is 3.57. The summed E-state index contributed by atoms with van der Waals surface area (Å²) in [5.41, 5.74) is 3.19. The van der Waals surface area contributed by atoms with Crippen LogP contribution in [0.5, 0.6) is 0 Å². The first kappa shape index (κ1) is 13.2. The summed E-state index contributed by atoms with van der Waals surface area (Å²) >= 11 is 1.71. The van der Waals surface area contributed by atoms with Crippen molar-refractivity contribution in [2.75, 3.05) is 0 Å². The zero-order valence-electron chi connectivity index (χ0n) is 11.3. The van der Waals surface area contributed by atoms with E-state index in [0.717, 1.165) is 23.4 Å². The van der Waals surface area contributed by atoms with Crippen molar-refractivity contribution in [1.82, 2.24) is 5.43 Å². The van der Waals surface area contributed by atoms with Gasteiger partial charge in [-0.1, -0.05) is 6.92 Å². The van der Waals surface area contributed by atoms with Crippen molar-refractivity contribution >= 4 is 35.4 Å². The van der Waals surface area contributed by atoms with Crippen molar-refractivity contribution in [3.63, 3.8) is 0 Å². The average Bonchev–Trinajstić information content (AvgIpc) is 3.10. The second-order valence-electron chi connectivity index (χ2n) is 4.93. The first-order valence-electron chi connectivity index (χ1n) is 6.74. The Bertz CT molecular complexity index is 602. The van der Waals surface area contributed by atoms with E-state index in [-0.39, 0.29) is 11.6 Å². The van der Waals surface area contributed by atoms with Gasteiger partial charge in [-0.3, -0.25) is 14.8 Å². The van der Waals surface area contributed by atoms with Gasteiger partial charge >= 0.3 is 0 Å². The Kier molecular flexibility index (Phi) is 3.48. The number of hydrogen-bond donors (Lipinski definition) is 1. The lowest BCUT2D eigenvalue weighted by Crippen LogP contribution is -2.25. The average molecular weight is 288 g/mol. The Hall–Kier alpha value is -1.82. The molecule has 0 bridgehead atoms. The van der Waals surface area contributed by atoms with Crippen LogP contribution in [0.25, 0.3) is 0 Å². The maximum absolute atomic E-state index is 11.1. The molecule has 0 radical (unpaired) electrons. The lowest BCUT2D eigenvalue weighted by molar-refractivity contribution is -0.121. The highest BCUT2D eigenvalue weighted by atomic mass is 32.1. The fourth-order valence-electron chi connectivity index (χ4n) is 2.34. The lowest BCUT2D eigenvalue weighted by atomic mass is 10.0. The Balaban J connectivity index is 1.76. The molecule has 3 rings (SSSR count). The molecule has 104 valence electrons. The first-order chi connectivity index (χ1) is 9.71. The summed E-state index contributed by atoms with van der Waals surface area (Å²) in [6.07, 6.45) is 6.49. The molecule has 1 amide bonds. The zero-order chi connectivity index (χ0) is 14.0. The Morgan fingerprint density at radius 2 is 2.10 bits per heavy atom. The van der Waals surface area contributed by atoms with Gasteiger partial charge in [0.1, 0.15) is 0 Å². The van der Waals surface area contributed by atoms with Crippen molar-refractivity contribution in [2.24, 2.45) is 15.1 Å². The van der Waals surface area contributed by atoms with Gasteiger partial charge in [-0.25, -0.2) is 5.43 Å². The zero-order valence-corrected chi connectivity index (χ0v) is 12.1. The van der Waals surface area contributed by atoms with Crippen LogP contribution in [0, 0.1) is 0 Å². The molecule has 5 nitrogen and oxygen atoms in total. The van der Waals surface area contributed by atoms with Crippen molar-refractivity contribution in [3.05, 3.63) is 21.9 Å². The summed E-state index contributed by atoms with van der Waals surface area (Å²) in [6.45, 7) is 2.11. The highest BCUT2D eigenvalue weighted by molar-refractivity contribution is 7.14. The molecule has 0 aromatic carbocycles. The smallest absolute Gasteiger partial charge is 0.240 e. The van der Waals surface area contributed by atoms with Crippen molar-refractivity contribution in [2.45, 2.75) is 38.3 Å². The standard InChI is InChI=1S/C14H16N4OS/c1-2-14(15-7-8-16-14)9-10-3-5-12(20-10)11-4-6-13(19)18-17-11/h3,5,7-8H,2,4,6,9H2,1H3,(H,18,19). The number of aliphatic imine (C=N–C) groups is 2. The van der Waals surface area contributed by atoms with E-state index in [9.17, 15) is 4.79 Å². The van der Waals surface area contributed by atoms with Gasteiger partial charge in [0.25, 0.3) is 0 Å². The van der Waals surface area contributed by atoms with E-state index < -0.39 is 0 Å². The second-order valence-corrected chi connectivity index (χ2v) is 6.10. The van der Waals surface area contributed by atoms with Gasteiger partial charge in [0, 0.05) is 36.6 Å². The van der Waals surface area contributed by atoms with Crippen LogP contribution in [-0.2, 0) is 11.2 Å². The molecule has 1 aromatic heterocycles. The molecule has 0 aliphatic carbocycles. The van der Waals surface area contributed by atoms with Crippen LogP contribution in [0.2, 0.25) is 0 Å². The Labute approximate surface area is 121 Å². The topological polar surface area (TPSA) is 66.2 Å². The van der Waals surface area contributed by atoms with Gasteiger partial charge in [0.2, 0.25) is 5.91 Å². The van der Waals surface area contributed by atoms with E-state index >= 15 is 0 Å². The van der Waals surface area contributed by atoms with E-state index in [1.807, 2.05) is 0 Å². The number of carbonyl (C=O) groups is 1. The molecule has 6 heteroatoms. The van der Waals surface area contributed by atoms with E-state index in [4.69, 9.17) is 0 Å². The number of nitrogens with one attached hydrogen (secondary N) is 1. The fourth-order valence-corrected chi connectivity index (χ4v) is 3.46. The van der Waals surface area contributed by atoms with Crippen LogP contribution in [0.4, 0.5) is 0 Å². The predicted molar refractivity (Wildman–Crippen MR) is 81.9 cm³/mol. The van der Waals surface area contributed by atoms with Crippen molar-refractivity contribution < 1.29 is 4.79 Å². The molecule has 0 saturated heterocycles. The van der Waals surface area contributed by atoms with Gasteiger partial charge in [-0.05, 0) is 18.6 Å². The van der Waals surface area contributed by atoms with Crippen LogP contribution in [-0.4, -0.2) is 29.7 Å². The minimum atomic E-state index is -0.315. The lowest BCUT2D eigenvalue weighted by Gasteiger charge is -2.20. The summed E-state index contributed by atoms with van der Waals surface area (Å²) in [6, 6.07) is 4.18. The number of hydrazone groups is 1. The Morgan fingerprint density at radius 1 is 1.30 bits per heavy atom. The molecule has 0 spiro atoms. The normalized spacial score (nSPS) is 20.1. The molecule has 2 aliphatic heterocycles. The predicted octanol–water partition coefficient (Wildman–Crippen LogP) is 2.17. The quantitative estimate of drug-likeness (QED) is 0.906. The molecule has 0 saturated carbocycles. The number of carbonyl (C=O) groups excluding carboxylic acids is 1. The minimum absolute atomic E-state index is 0.00917. The van der Waals surface area contributed by atoms with Crippen LogP contribution >= 0.6 is 11.3 Å².